The third kappa shape index (κ3) is 14.1. The number of aliphatic hydroxyl groups is 3. The molecular formula is C26H40N7O18P3S-4. The molecule has 8 atom stereocenters. The fraction of sp³-hybridized carbons (Fsp3) is 0.692. The number of phosphoric ester groups is 3. The van der Waals surface area contributed by atoms with E-state index in [1.54, 1.807) is 0 Å². The van der Waals surface area contributed by atoms with Gasteiger partial charge in [0.2, 0.25) is 16.9 Å². The van der Waals surface area contributed by atoms with E-state index in [9.17, 15) is 63.0 Å². The highest BCUT2D eigenvalue weighted by molar-refractivity contribution is 8.13. The van der Waals surface area contributed by atoms with E-state index in [-0.39, 0.29) is 42.2 Å². The van der Waals surface area contributed by atoms with Gasteiger partial charge in [0.25, 0.3) is 15.6 Å². The van der Waals surface area contributed by atoms with Crippen molar-refractivity contribution in [2.24, 2.45) is 5.41 Å². The number of ether oxygens (including phenoxy) is 1. The van der Waals surface area contributed by atoms with Crippen molar-refractivity contribution in [1.29, 1.82) is 0 Å². The van der Waals surface area contributed by atoms with Crippen LogP contribution in [0, 0.1) is 5.41 Å². The van der Waals surface area contributed by atoms with Gasteiger partial charge >= 0.3 is 0 Å². The number of imidazole rings is 1. The predicted octanol–water partition coefficient (Wildman–Crippen LogP) is -3.70. The number of rotatable bonds is 22. The molecule has 3 rings (SSSR count). The maximum atomic E-state index is 12.5. The number of aliphatic hydroxyl groups excluding tert-OH is 3. The van der Waals surface area contributed by atoms with Gasteiger partial charge in [-0.05, 0) is 6.42 Å². The van der Waals surface area contributed by atoms with Crippen molar-refractivity contribution in [3.8, 4) is 0 Å². The van der Waals surface area contributed by atoms with Crippen LogP contribution >= 0.6 is 35.2 Å². The number of aromatic nitrogens is 4. The molecule has 0 spiro atoms. The molecular weight excluding hydrogens is 823 g/mol. The first kappa shape index (κ1) is 46.9. The standard InChI is InChI=1S/C26H44N7O18P3S/c1-4-5-14(34)25(39)55-9-8-28-16(35)6-7-29-23(38)20(37)26(2,3)11-48-54(45,46)51-53(43,44)47-10-15-19(50-52(40,41)42)18(36)24(49-15)33-13-32-17-21(27)30-12-31-22(17)33/h12-15,18-20,24,34,36-37H,4-11H2,1-3H3,(H,28,35)(H,29,38)(H,43,44)(H,45,46)(H2,27,30,31)(H2,40,41,42)/p-4. The number of nitrogens with zero attached hydrogens (tertiary/aromatic N) is 4. The molecule has 55 heavy (non-hydrogen) atoms. The van der Waals surface area contributed by atoms with Gasteiger partial charge in [0.05, 0.1) is 27.4 Å². The van der Waals surface area contributed by atoms with E-state index < -0.39 is 95.8 Å². The normalized spacial score (nSPS) is 22.4. The number of nitrogens with one attached hydrogen (secondary N) is 2. The molecule has 3 heterocycles. The lowest BCUT2D eigenvalue weighted by molar-refractivity contribution is -0.347. The molecule has 7 N–H and O–H groups in total. The van der Waals surface area contributed by atoms with Crippen molar-refractivity contribution in [1.82, 2.24) is 30.2 Å². The van der Waals surface area contributed by atoms with Crippen molar-refractivity contribution < 1.29 is 85.6 Å². The summed E-state index contributed by atoms with van der Waals surface area (Å²) in [6.45, 7) is 1.74. The lowest BCUT2D eigenvalue weighted by Gasteiger charge is -2.36. The Kier molecular flexibility index (Phi) is 16.9. The third-order valence-corrected chi connectivity index (χ3v) is 11.5. The molecule has 1 aliphatic heterocycles. The molecule has 1 saturated heterocycles. The average Bonchev–Trinajstić information content (AvgIpc) is 3.64. The summed E-state index contributed by atoms with van der Waals surface area (Å²) in [6, 6.07) is 0. The molecule has 25 nitrogen and oxygen atoms in total. The summed E-state index contributed by atoms with van der Waals surface area (Å²) in [5.74, 6) is -1.42. The van der Waals surface area contributed by atoms with E-state index >= 15 is 0 Å². The summed E-state index contributed by atoms with van der Waals surface area (Å²) in [5, 5.41) is 35.3. The smallest absolute Gasteiger partial charge is 0.274 e. The molecule has 0 aliphatic carbocycles. The summed E-state index contributed by atoms with van der Waals surface area (Å²) in [4.78, 5) is 95.6. The topological polar surface area (TPSA) is 395 Å². The summed E-state index contributed by atoms with van der Waals surface area (Å²) < 4.78 is 60.4. The minimum absolute atomic E-state index is 0.0262. The second-order valence-electron chi connectivity index (χ2n) is 12.5. The number of hydrogen-bond acceptors (Lipinski definition) is 23. The van der Waals surface area contributed by atoms with Gasteiger partial charge in [0.15, 0.2) is 17.7 Å². The number of phosphoric acid groups is 3. The first-order valence-electron chi connectivity index (χ1n) is 16.1. The van der Waals surface area contributed by atoms with Crippen LogP contribution in [0.25, 0.3) is 11.2 Å². The zero-order chi connectivity index (χ0) is 41.4. The SMILES string of the molecule is CCCC(O)C(=O)SCCNC(=O)CCNC(=O)C(O)C(C)(C)COP(=O)([O-])OP(=O)([O-])OCC1OC(n2cnc3c(N)ncnc32)C(O)C1OP(=O)([O-])[O-]. The van der Waals surface area contributed by atoms with Gasteiger partial charge in [-0.25, -0.2) is 19.3 Å². The number of amides is 2. The van der Waals surface area contributed by atoms with Gasteiger partial charge in [-0.2, -0.15) is 0 Å². The molecule has 1 fully saturated rings. The molecule has 8 unspecified atom stereocenters. The van der Waals surface area contributed by atoms with E-state index in [2.05, 4.69) is 43.5 Å². The van der Waals surface area contributed by atoms with Crippen LogP contribution in [0.1, 0.15) is 46.3 Å². The van der Waals surface area contributed by atoms with Crippen LogP contribution in [-0.4, -0.2) is 114 Å². The van der Waals surface area contributed by atoms with E-state index in [4.69, 9.17) is 10.5 Å². The lowest BCUT2D eigenvalue weighted by atomic mass is 9.87. The molecule has 0 aromatic carbocycles. The molecule has 0 saturated carbocycles. The van der Waals surface area contributed by atoms with Crippen molar-refractivity contribution >= 4 is 69.1 Å². The van der Waals surface area contributed by atoms with Crippen LogP contribution in [0.15, 0.2) is 12.7 Å². The van der Waals surface area contributed by atoms with Crippen molar-refractivity contribution in [3.05, 3.63) is 12.7 Å². The fourth-order valence-corrected chi connectivity index (χ4v) is 8.20. The Morgan fingerprint density at radius 3 is 2.40 bits per heavy atom. The van der Waals surface area contributed by atoms with E-state index in [1.807, 2.05) is 6.92 Å². The molecule has 2 aromatic heterocycles. The number of anilines is 1. The van der Waals surface area contributed by atoms with Crippen molar-refractivity contribution in [2.45, 2.75) is 76.8 Å². The minimum Gasteiger partial charge on any atom is -0.790 e. The van der Waals surface area contributed by atoms with Crippen LogP contribution in [0.2, 0.25) is 0 Å². The number of carbonyl (C=O) groups excluding carboxylic acids is 3. The minimum atomic E-state index is -5.92. The predicted molar refractivity (Wildman–Crippen MR) is 179 cm³/mol. The van der Waals surface area contributed by atoms with Crippen LogP contribution < -0.4 is 35.9 Å². The number of fused-ring (bicyclic) bond motifs is 1. The molecule has 0 radical (unpaired) electrons. The monoisotopic (exact) mass is 863 g/mol. The molecule has 0 bridgehead atoms. The Morgan fingerprint density at radius 1 is 1.07 bits per heavy atom. The first-order valence-corrected chi connectivity index (χ1v) is 21.5. The summed E-state index contributed by atoms with van der Waals surface area (Å²) in [6.07, 6.45) is -7.82. The number of thioether (sulfide) groups is 1. The summed E-state index contributed by atoms with van der Waals surface area (Å²) >= 11 is 0.857. The molecule has 312 valence electrons. The number of hydrogen-bond donors (Lipinski definition) is 6. The quantitative estimate of drug-likeness (QED) is 0.0490. The Bertz CT molecular complexity index is 1800. The van der Waals surface area contributed by atoms with Crippen LogP contribution in [0.3, 0.4) is 0 Å². The van der Waals surface area contributed by atoms with Gasteiger partial charge in [-0.15, -0.1) is 0 Å². The van der Waals surface area contributed by atoms with Gasteiger partial charge in [0, 0.05) is 30.7 Å². The maximum absolute atomic E-state index is 12.5. The largest absolute Gasteiger partial charge is 0.790 e. The second-order valence-corrected chi connectivity index (χ2v) is 17.6. The summed E-state index contributed by atoms with van der Waals surface area (Å²) in [7, 11) is -17.6. The van der Waals surface area contributed by atoms with Gasteiger partial charge in [0.1, 0.15) is 42.4 Å². The van der Waals surface area contributed by atoms with E-state index in [1.165, 1.54) is 13.8 Å². The van der Waals surface area contributed by atoms with Crippen LogP contribution in [0.5, 0.6) is 0 Å². The van der Waals surface area contributed by atoms with Gasteiger partial charge in [-0.1, -0.05) is 39.0 Å². The fourth-order valence-electron chi connectivity index (χ4n) is 4.75. The van der Waals surface area contributed by atoms with Crippen LogP contribution in [0.4, 0.5) is 5.82 Å². The molecule has 2 amide bonds. The van der Waals surface area contributed by atoms with Crippen molar-refractivity contribution in [2.75, 3.05) is 37.8 Å². The average molecular weight is 864 g/mol. The zero-order valence-electron chi connectivity index (χ0n) is 29.4. The van der Waals surface area contributed by atoms with E-state index in [0.29, 0.717) is 12.8 Å². The first-order chi connectivity index (χ1) is 25.5. The highest BCUT2D eigenvalue weighted by Crippen LogP contribution is 2.56. The Balaban J connectivity index is 1.50. The second kappa shape index (κ2) is 19.8. The number of carbonyl (C=O) groups is 3. The Morgan fingerprint density at radius 2 is 1.75 bits per heavy atom. The van der Waals surface area contributed by atoms with Gasteiger partial charge in [-0.3, -0.25) is 28.1 Å². The Labute approximate surface area is 317 Å². The third-order valence-electron chi connectivity index (χ3n) is 7.56. The molecule has 2 aromatic rings. The molecule has 1 aliphatic rings. The maximum Gasteiger partial charge on any atom is 0.274 e. The van der Waals surface area contributed by atoms with Crippen molar-refractivity contribution in [3.63, 3.8) is 0 Å². The number of nitrogen functional groups attached to an aromatic ring is 1. The summed E-state index contributed by atoms with van der Waals surface area (Å²) in [5.41, 5.74) is 4.04. The highest BCUT2D eigenvalue weighted by Gasteiger charge is 2.47. The Hall–Kier alpha value is -2.48. The van der Waals surface area contributed by atoms with E-state index in [0.717, 1.165) is 29.0 Å². The van der Waals surface area contributed by atoms with Crippen LogP contribution in [-0.2, 0) is 50.7 Å². The lowest BCUT2D eigenvalue weighted by Crippen LogP contribution is -2.46. The highest BCUT2D eigenvalue weighted by atomic mass is 32.2. The molecule has 29 heteroatoms. The number of nitrogens with two attached hydrogens (primary N) is 1. The zero-order valence-corrected chi connectivity index (χ0v) is 32.9. The van der Waals surface area contributed by atoms with Gasteiger partial charge < -0.3 is 74.1 Å².